The summed E-state index contributed by atoms with van der Waals surface area (Å²) in [5.41, 5.74) is 4.44. The number of nitrogens with zero attached hydrogens (tertiary/aromatic N) is 2. The molecule has 2 heterocycles. The molecule has 2 heteroatoms. The molecule has 2 nitrogen and oxygen atoms in total. The van der Waals surface area contributed by atoms with Gasteiger partial charge in [-0.3, -0.25) is 0 Å². The first-order chi connectivity index (χ1) is 10.6. The van der Waals surface area contributed by atoms with E-state index in [-0.39, 0.29) is 0 Å². The van der Waals surface area contributed by atoms with E-state index in [0.717, 1.165) is 11.0 Å². The second-order valence-electron chi connectivity index (χ2n) is 7.48. The van der Waals surface area contributed by atoms with Crippen molar-refractivity contribution >= 4 is 5.69 Å². The molecular weight excluding hydrogens is 268 g/mol. The molecule has 0 bridgehead atoms. The lowest BCUT2D eigenvalue weighted by Crippen LogP contribution is -2.53. The van der Waals surface area contributed by atoms with Crippen LogP contribution in [-0.2, 0) is 6.54 Å². The molecule has 2 aromatic rings. The SMILES string of the molecule is C[N+]1(C)CCC2C(C1)c1ccccc1N2Cc1ccccc1. The minimum absolute atomic E-state index is 0.670. The number of rotatable bonds is 2. The van der Waals surface area contributed by atoms with Gasteiger partial charge in [-0.05, 0) is 17.2 Å². The van der Waals surface area contributed by atoms with E-state index in [1.54, 1.807) is 5.56 Å². The fourth-order valence-electron chi connectivity index (χ4n) is 4.33. The van der Waals surface area contributed by atoms with E-state index in [2.05, 4.69) is 73.6 Å². The molecule has 4 rings (SSSR count). The largest absolute Gasteiger partial charge is 0.363 e. The maximum absolute atomic E-state index is 2.66. The van der Waals surface area contributed by atoms with E-state index in [1.165, 1.54) is 30.8 Å². The summed E-state index contributed by atoms with van der Waals surface area (Å²) in [4.78, 5) is 2.66. The molecule has 2 atom stereocenters. The Hall–Kier alpha value is -1.80. The number of anilines is 1. The quantitative estimate of drug-likeness (QED) is 0.764. The fraction of sp³-hybridized carbons (Fsp3) is 0.400. The Morgan fingerprint density at radius 3 is 2.55 bits per heavy atom. The van der Waals surface area contributed by atoms with Crippen LogP contribution in [0.3, 0.4) is 0 Å². The molecule has 0 N–H and O–H groups in total. The topological polar surface area (TPSA) is 3.24 Å². The Kier molecular flexibility index (Phi) is 3.23. The van der Waals surface area contributed by atoms with Crippen molar-refractivity contribution in [1.29, 1.82) is 0 Å². The molecule has 0 aromatic heterocycles. The second-order valence-corrected chi connectivity index (χ2v) is 7.48. The highest BCUT2D eigenvalue weighted by Crippen LogP contribution is 2.45. The first kappa shape index (κ1) is 13.8. The van der Waals surface area contributed by atoms with Gasteiger partial charge in [0.15, 0.2) is 0 Å². The van der Waals surface area contributed by atoms with Gasteiger partial charge in [0.1, 0.15) is 0 Å². The van der Waals surface area contributed by atoms with E-state index < -0.39 is 0 Å². The average molecular weight is 293 g/mol. The van der Waals surface area contributed by atoms with Gasteiger partial charge in [-0.15, -0.1) is 0 Å². The van der Waals surface area contributed by atoms with E-state index in [9.17, 15) is 0 Å². The molecule has 1 saturated heterocycles. The van der Waals surface area contributed by atoms with E-state index in [1.807, 2.05) is 0 Å². The van der Waals surface area contributed by atoms with Crippen molar-refractivity contribution in [3.8, 4) is 0 Å². The Morgan fingerprint density at radius 2 is 1.73 bits per heavy atom. The third-order valence-corrected chi connectivity index (χ3v) is 5.43. The number of hydrogen-bond donors (Lipinski definition) is 0. The van der Waals surface area contributed by atoms with Crippen LogP contribution in [0, 0.1) is 0 Å². The molecule has 22 heavy (non-hydrogen) atoms. The monoisotopic (exact) mass is 293 g/mol. The summed E-state index contributed by atoms with van der Waals surface area (Å²) >= 11 is 0. The summed E-state index contributed by atoms with van der Waals surface area (Å²) in [6.45, 7) is 3.57. The molecule has 114 valence electrons. The van der Waals surface area contributed by atoms with E-state index >= 15 is 0 Å². The Morgan fingerprint density at radius 1 is 1.00 bits per heavy atom. The molecule has 0 aliphatic carbocycles. The Bertz CT molecular complexity index is 662. The van der Waals surface area contributed by atoms with Gasteiger partial charge in [0.2, 0.25) is 0 Å². The lowest BCUT2D eigenvalue weighted by Gasteiger charge is -2.42. The van der Waals surface area contributed by atoms with Crippen LogP contribution >= 0.6 is 0 Å². The molecule has 2 aliphatic rings. The number of piperidine rings is 1. The minimum Gasteiger partial charge on any atom is -0.363 e. The van der Waals surface area contributed by atoms with Crippen LogP contribution in [0.4, 0.5) is 5.69 Å². The van der Waals surface area contributed by atoms with Gasteiger partial charge in [-0.25, -0.2) is 0 Å². The number of fused-ring (bicyclic) bond motifs is 3. The van der Waals surface area contributed by atoms with Crippen molar-refractivity contribution in [2.75, 3.05) is 32.1 Å². The summed E-state index contributed by atoms with van der Waals surface area (Å²) in [6.07, 6.45) is 1.29. The van der Waals surface area contributed by atoms with Crippen molar-refractivity contribution < 1.29 is 4.48 Å². The normalized spacial score (nSPS) is 25.6. The highest BCUT2D eigenvalue weighted by Gasteiger charge is 2.45. The lowest BCUT2D eigenvalue weighted by molar-refractivity contribution is -0.896. The molecule has 2 aliphatic heterocycles. The predicted molar refractivity (Wildman–Crippen MR) is 92.1 cm³/mol. The zero-order valence-electron chi connectivity index (χ0n) is 13.6. The third-order valence-electron chi connectivity index (χ3n) is 5.43. The van der Waals surface area contributed by atoms with Gasteiger partial charge < -0.3 is 9.38 Å². The van der Waals surface area contributed by atoms with Crippen molar-refractivity contribution in [2.45, 2.75) is 24.9 Å². The van der Waals surface area contributed by atoms with Crippen molar-refractivity contribution in [1.82, 2.24) is 0 Å². The molecule has 1 fully saturated rings. The van der Waals surface area contributed by atoms with Gasteiger partial charge in [0.25, 0.3) is 0 Å². The summed E-state index contributed by atoms with van der Waals surface area (Å²) in [7, 11) is 4.75. The van der Waals surface area contributed by atoms with Gasteiger partial charge >= 0.3 is 0 Å². The third kappa shape index (κ3) is 2.32. The molecule has 0 saturated carbocycles. The Balaban J connectivity index is 1.70. The number of likely N-dealkylation sites (tertiary alicyclic amines) is 1. The molecule has 2 aromatic carbocycles. The van der Waals surface area contributed by atoms with Crippen LogP contribution in [0.5, 0.6) is 0 Å². The van der Waals surface area contributed by atoms with Gasteiger partial charge in [-0.2, -0.15) is 0 Å². The number of benzene rings is 2. The molecular formula is C20H25N2+. The lowest BCUT2D eigenvalue weighted by atomic mass is 9.88. The van der Waals surface area contributed by atoms with Crippen LogP contribution in [0.15, 0.2) is 54.6 Å². The van der Waals surface area contributed by atoms with Crippen LogP contribution in [0.25, 0.3) is 0 Å². The molecule has 0 amide bonds. The zero-order chi connectivity index (χ0) is 15.2. The first-order valence-electron chi connectivity index (χ1n) is 8.36. The van der Waals surface area contributed by atoms with Crippen molar-refractivity contribution in [3.63, 3.8) is 0 Å². The maximum atomic E-state index is 2.66. The summed E-state index contributed by atoms with van der Waals surface area (Å²) in [6, 6.07) is 20.6. The smallest absolute Gasteiger partial charge is 0.0873 e. The highest BCUT2D eigenvalue weighted by atomic mass is 15.3. The van der Waals surface area contributed by atoms with Gasteiger partial charge in [-0.1, -0.05) is 48.5 Å². The maximum Gasteiger partial charge on any atom is 0.0873 e. The van der Waals surface area contributed by atoms with Gasteiger partial charge in [0, 0.05) is 24.7 Å². The van der Waals surface area contributed by atoms with Crippen LogP contribution in [0.1, 0.15) is 23.5 Å². The number of hydrogen-bond acceptors (Lipinski definition) is 1. The number of para-hydroxylation sites is 1. The van der Waals surface area contributed by atoms with Crippen LogP contribution < -0.4 is 4.90 Å². The summed E-state index contributed by atoms with van der Waals surface area (Å²) < 4.78 is 1.15. The fourth-order valence-corrected chi connectivity index (χ4v) is 4.33. The summed E-state index contributed by atoms with van der Waals surface area (Å²) in [5, 5.41) is 0. The Labute approximate surface area is 133 Å². The summed E-state index contributed by atoms with van der Waals surface area (Å²) in [5.74, 6) is 0.684. The standard InChI is InChI=1S/C20H25N2/c1-22(2)13-12-20-18(15-22)17-10-6-7-11-19(17)21(20)14-16-8-4-3-5-9-16/h3-11,18,20H,12-15H2,1-2H3/q+1. The average Bonchev–Trinajstić information content (AvgIpc) is 2.81. The van der Waals surface area contributed by atoms with E-state index in [0.29, 0.717) is 12.0 Å². The van der Waals surface area contributed by atoms with Crippen LogP contribution in [-0.4, -0.2) is 37.7 Å². The van der Waals surface area contributed by atoms with Gasteiger partial charge in [0.05, 0.1) is 33.1 Å². The minimum atomic E-state index is 0.670. The second kappa shape index (κ2) is 5.13. The highest BCUT2D eigenvalue weighted by molar-refractivity contribution is 5.62. The van der Waals surface area contributed by atoms with Crippen molar-refractivity contribution in [2.24, 2.45) is 0 Å². The van der Waals surface area contributed by atoms with Crippen molar-refractivity contribution in [3.05, 3.63) is 65.7 Å². The van der Waals surface area contributed by atoms with Crippen LogP contribution in [0.2, 0.25) is 0 Å². The molecule has 0 radical (unpaired) electrons. The van der Waals surface area contributed by atoms with E-state index in [4.69, 9.17) is 0 Å². The predicted octanol–water partition coefficient (Wildman–Crippen LogP) is 3.64. The molecule has 0 spiro atoms. The zero-order valence-corrected chi connectivity index (χ0v) is 13.6. The molecule has 2 unspecified atom stereocenters. The number of quaternary nitrogens is 1. The first-order valence-corrected chi connectivity index (χ1v) is 8.36. The number of likely N-dealkylation sites (N-methyl/N-ethyl adjacent to an activating group) is 1.